The second-order valence-corrected chi connectivity index (χ2v) is 5.21. The molecule has 0 unspecified atom stereocenters. The van der Waals surface area contributed by atoms with Crippen molar-refractivity contribution in [2.75, 3.05) is 7.11 Å². The quantitative estimate of drug-likeness (QED) is 0.619. The number of hydrogen-bond acceptors (Lipinski definition) is 6. The largest absolute Gasteiger partial charge is 0.469 e. The van der Waals surface area contributed by atoms with E-state index in [1.54, 1.807) is 12.1 Å². The molecule has 0 N–H and O–H groups in total. The molecule has 0 amide bonds. The van der Waals surface area contributed by atoms with Gasteiger partial charge in [0, 0.05) is 25.7 Å². The van der Waals surface area contributed by atoms with Gasteiger partial charge >= 0.3 is 17.9 Å². The number of methoxy groups -OCH3 is 1. The maximum Gasteiger partial charge on any atom is 0.308 e. The Morgan fingerprint density at radius 1 is 0.958 bits per heavy atom. The van der Waals surface area contributed by atoms with Crippen LogP contribution in [0.4, 0.5) is 0 Å². The summed E-state index contributed by atoms with van der Waals surface area (Å²) in [6.07, 6.45) is 0.731. The second kappa shape index (κ2) is 7.59. The maximum absolute atomic E-state index is 11.4. The Morgan fingerprint density at radius 2 is 1.62 bits per heavy atom. The van der Waals surface area contributed by atoms with Crippen molar-refractivity contribution in [1.29, 1.82) is 0 Å². The van der Waals surface area contributed by atoms with Crippen molar-refractivity contribution >= 4 is 28.7 Å². The first kappa shape index (κ1) is 17.5. The standard InChI is InChI=1S/C18H18O6/c1-11(19)23-16-8-7-14-6-4-13(5-9-17(21)22-3)10-15(14)18(16)24-12(2)20/h4,6-8,10H,5,9H2,1-3H3. The number of rotatable bonds is 5. The molecule has 2 aromatic carbocycles. The van der Waals surface area contributed by atoms with Crippen LogP contribution in [0.3, 0.4) is 0 Å². The van der Waals surface area contributed by atoms with Crippen LogP contribution in [0.1, 0.15) is 25.8 Å². The van der Waals surface area contributed by atoms with Crippen LogP contribution in [0.5, 0.6) is 11.5 Å². The highest BCUT2D eigenvalue weighted by Gasteiger charge is 2.15. The summed E-state index contributed by atoms with van der Waals surface area (Å²) in [4.78, 5) is 33.9. The average molecular weight is 330 g/mol. The first-order valence-corrected chi connectivity index (χ1v) is 7.40. The van der Waals surface area contributed by atoms with Crippen molar-refractivity contribution in [2.45, 2.75) is 26.7 Å². The summed E-state index contributed by atoms with van der Waals surface area (Å²) in [5.41, 5.74) is 0.876. The van der Waals surface area contributed by atoms with Crippen LogP contribution in [0.25, 0.3) is 10.8 Å². The van der Waals surface area contributed by atoms with Gasteiger partial charge in [0.25, 0.3) is 0 Å². The van der Waals surface area contributed by atoms with Gasteiger partial charge in [0.05, 0.1) is 7.11 Å². The molecule has 6 heteroatoms. The molecule has 2 aromatic rings. The fourth-order valence-corrected chi connectivity index (χ4v) is 2.31. The van der Waals surface area contributed by atoms with Crippen molar-refractivity contribution in [1.82, 2.24) is 0 Å². The number of esters is 3. The van der Waals surface area contributed by atoms with Crippen LogP contribution >= 0.6 is 0 Å². The van der Waals surface area contributed by atoms with Crippen LogP contribution in [0, 0.1) is 0 Å². The van der Waals surface area contributed by atoms with E-state index in [4.69, 9.17) is 9.47 Å². The van der Waals surface area contributed by atoms with Gasteiger partial charge in [-0.25, -0.2) is 0 Å². The molecule has 0 aliphatic heterocycles. The van der Waals surface area contributed by atoms with E-state index in [1.807, 2.05) is 18.2 Å². The third kappa shape index (κ3) is 4.32. The summed E-state index contributed by atoms with van der Waals surface area (Å²) in [7, 11) is 1.34. The molecule has 0 spiro atoms. The molecule has 0 bridgehead atoms. The van der Waals surface area contributed by atoms with Gasteiger partial charge in [-0.05, 0) is 29.5 Å². The lowest BCUT2D eigenvalue weighted by molar-refractivity contribution is -0.140. The Labute approximate surface area is 139 Å². The Balaban J connectivity index is 2.47. The van der Waals surface area contributed by atoms with Crippen LogP contribution in [0.15, 0.2) is 30.3 Å². The fourth-order valence-electron chi connectivity index (χ4n) is 2.31. The molecule has 0 fully saturated rings. The van der Waals surface area contributed by atoms with Crippen molar-refractivity contribution in [3.63, 3.8) is 0 Å². The van der Waals surface area contributed by atoms with Crippen LogP contribution in [0.2, 0.25) is 0 Å². The molecule has 0 radical (unpaired) electrons. The van der Waals surface area contributed by atoms with Crippen LogP contribution in [-0.4, -0.2) is 25.0 Å². The molecule has 0 aromatic heterocycles. The zero-order chi connectivity index (χ0) is 17.7. The van der Waals surface area contributed by atoms with Crippen molar-refractivity contribution in [3.05, 3.63) is 35.9 Å². The molecule has 0 saturated carbocycles. The van der Waals surface area contributed by atoms with Crippen LogP contribution < -0.4 is 9.47 Å². The second-order valence-electron chi connectivity index (χ2n) is 5.21. The number of ether oxygens (including phenoxy) is 3. The lowest BCUT2D eigenvalue weighted by Gasteiger charge is -2.12. The van der Waals surface area contributed by atoms with E-state index in [2.05, 4.69) is 4.74 Å². The van der Waals surface area contributed by atoms with Crippen molar-refractivity contribution < 1.29 is 28.6 Å². The first-order chi connectivity index (χ1) is 11.4. The highest BCUT2D eigenvalue weighted by atomic mass is 16.6. The summed E-state index contributed by atoms with van der Waals surface area (Å²) in [6, 6.07) is 8.89. The monoisotopic (exact) mass is 330 g/mol. The van der Waals surface area contributed by atoms with Gasteiger partial charge in [0.2, 0.25) is 0 Å². The Hall–Kier alpha value is -2.89. The van der Waals surface area contributed by atoms with E-state index in [-0.39, 0.29) is 23.9 Å². The molecular weight excluding hydrogens is 312 g/mol. The number of carbonyl (C=O) groups excluding carboxylic acids is 3. The summed E-state index contributed by atoms with van der Waals surface area (Å²) in [5.74, 6) is -0.963. The zero-order valence-electron chi connectivity index (χ0n) is 13.8. The normalized spacial score (nSPS) is 10.3. The molecule has 0 atom stereocenters. The molecular formula is C18H18O6. The van der Waals surface area contributed by atoms with E-state index in [9.17, 15) is 14.4 Å². The SMILES string of the molecule is COC(=O)CCc1ccc2ccc(OC(C)=O)c(OC(C)=O)c2c1. The predicted molar refractivity (Wildman–Crippen MR) is 86.9 cm³/mol. The van der Waals surface area contributed by atoms with Gasteiger partial charge < -0.3 is 14.2 Å². The topological polar surface area (TPSA) is 78.9 Å². The van der Waals surface area contributed by atoms with Gasteiger partial charge in [-0.15, -0.1) is 0 Å². The fraction of sp³-hybridized carbons (Fsp3) is 0.278. The van der Waals surface area contributed by atoms with Crippen molar-refractivity contribution in [2.24, 2.45) is 0 Å². The van der Waals surface area contributed by atoms with E-state index >= 15 is 0 Å². The van der Waals surface area contributed by atoms with Gasteiger partial charge in [-0.3, -0.25) is 14.4 Å². The van der Waals surface area contributed by atoms with Gasteiger partial charge in [0.15, 0.2) is 11.5 Å². The lowest BCUT2D eigenvalue weighted by Crippen LogP contribution is -2.07. The molecule has 6 nitrogen and oxygen atoms in total. The highest BCUT2D eigenvalue weighted by Crippen LogP contribution is 2.36. The molecule has 24 heavy (non-hydrogen) atoms. The molecule has 0 heterocycles. The molecule has 2 rings (SSSR count). The third-order valence-corrected chi connectivity index (χ3v) is 3.35. The van der Waals surface area contributed by atoms with Gasteiger partial charge in [0.1, 0.15) is 0 Å². The summed E-state index contributed by atoms with van der Waals surface area (Å²) in [6.45, 7) is 2.55. The minimum Gasteiger partial charge on any atom is -0.469 e. The first-order valence-electron chi connectivity index (χ1n) is 7.40. The summed E-state index contributed by atoms with van der Waals surface area (Å²) >= 11 is 0. The number of aryl methyl sites for hydroxylation is 1. The van der Waals surface area contributed by atoms with E-state index in [0.29, 0.717) is 11.8 Å². The predicted octanol–water partition coefficient (Wildman–Crippen LogP) is 2.80. The summed E-state index contributed by atoms with van der Waals surface area (Å²) in [5, 5.41) is 1.45. The average Bonchev–Trinajstić information content (AvgIpc) is 2.53. The van der Waals surface area contributed by atoms with Crippen LogP contribution in [-0.2, 0) is 25.5 Å². The number of benzene rings is 2. The maximum atomic E-state index is 11.4. The lowest BCUT2D eigenvalue weighted by atomic mass is 10.0. The Morgan fingerprint density at radius 3 is 2.25 bits per heavy atom. The van der Waals surface area contributed by atoms with Gasteiger partial charge in [-0.2, -0.15) is 0 Å². The van der Waals surface area contributed by atoms with E-state index in [0.717, 1.165) is 10.9 Å². The molecule has 0 aliphatic rings. The minimum absolute atomic E-state index is 0.176. The van der Waals surface area contributed by atoms with E-state index < -0.39 is 11.9 Å². The third-order valence-electron chi connectivity index (χ3n) is 3.35. The number of hydrogen-bond donors (Lipinski definition) is 0. The molecule has 0 aliphatic carbocycles. The molecule has 0 saturated heterocycles. The summed E-state index contributed by atoms with van der Waals surface area (Å²) < 4.78 is 15.0. The smallest absolute Gasteiger partial charge is 0.308 e. The Kier molecular flexibility index (Phi) is 5.52. The zero-order valence-corrected chi connectivity index (χ0v) is 13.8. The Bertz CT molecular complexity index is 793. The number of carbonyl (C=O) groups is 3. The minimum atomic E-state index is -0.518. The highest BCUT2D eigenvalue weighted by molar-refractivity contribution is 5.94. The number of fused-ring (bicyclic) bond motifs is 1. The van der Waals surface area contributed by atoms with E-state index in [1.165, 1.54) is 21.0 Å². The van der Waals surface area contributed by atoms with Gasteiger partial charge in [-0.1, -0.05) is 18.2 Å². The van der Waals surface area contributed by atoms with Crippen molar-refractivity contribution in [3.8, 4) is 11.5 Å². The molecule has 126 valence electrons.